The fourth-order valence-electron chi connectivity index (χ4n) is 1.59. The number of hydrogen-bond acceptors (Lipinski definition) is 2. The van der Waals surface area contributed by atoms with Crippen molar-refractivity contribution >= 4 is 23.6 Å². The van der Waals surface area contributed by atoms with Gasteiger partial charge in [0, 0.05) is 12.3 Å². The Hall–Kier alpha value is -2.07. The second kappa shape index (κ2) is 5.06. The van der Waals surface area contributed by atoms with Gasteiger partial charge in [-0.2, -0.15) is 5.10 Å². The Balaban J connectivity index is 2.33. The van der Waals surface area contributed by atoms with Crippen LogP contribution in [0.4, 0.5) is 0 Å². The fraction of sp³-hybridized carbons (Fsp3) is 0.0769. The second-order valence-electron chi connectivity index (χ2n) is 3.82. The number of aliphatic carboxylic acids is 1. The maximum Gasteiger partial charge on any atom is 0.328 e. The highest BCUT2D eigenvalue weighted by Gasteiger charge is 2.02. The first kappa shape index (κ1) is 12.4. The molecule has 0 unspecified atom stereocenters. The maximum atomic E-state index is 10.5. The molecule has 5 heteroatoms. The van der Waals surface area contributed by atoms with E-state index in [1.807, 2.05) is 25.1 Å². The normalized spacial score (nSPS) is 11.0. The monoisotopic (exact) mass is 262 g/mol. The van der Waals surface area contributed by atoms with Crippen LogP contribution < -0.4 is 0 Å². The lowest BCUT2D eigenvalue weighted by atomic mass is 10.1. The zero-order valence-corrected chi connectivity index (χ0v) is 10.4. The zero-order valence-electron chi connectivity index (χ0n) is 9.67. The van der Waals surface area contributed by atoms with Crippen LogP contribution in [0.3, 0.4) is 0 Å². The van der Waals surface area contributed by atoms with Crippen LogP contribution in [-0.4, -0.2) is 20.9 Å². The first-order valence-corrected chi connectivity index (χ1v) is 5.66. The molecule has 92 valence electrons. The molecule has 0 fully saturated rings. The molecule has 1 aromatic heterocycles. The van der Waals surface area contributed by atoms with Crippen molar-refractivity contribution in [2.45, 2.75) is 6.92 Å². The Kier molecular flexibility index (Phi) is 3.48. The van der Waals surface area contributed by atoms with Gasteiger partial charge in [-0.05, 0) is 36.3 Å². The lowest BCUT2D eigenvalue weighted by Gasteiger charge is -2.05. The van der Waals surface area contributed by atoms with Gasteiger partial charge in [0.15, 0.2) is 0 Å². The Morgan fingerprint density at radius 2 is 2.28 bits per heavy atom. The van der Waals surface area contributed by atoms with Gasteiger partial charge in [-0.3, -0.25) is 0 Å². The third-order valence-electron chi connectivity index (χ3n) is 2.47. The fourth-order valence-corrected chi connectivity index (χ4v) is 1.73. The number of nitrogens with zero attached hydrogens (tertiary/aromatic N) is 2. The summed E-state index contributed by atoms with van der Waals surface area (Å²) in [6.45, 7) is 1.91. The van der Waals surface area contributed by atoms with Crippen LogP contribution in [-0.2, 0) is 4.79 Å². The molecule has 0 aliphatic rings. The maximum absolute atomic E-state index is 10.5. The van der Waals surface area contributed by atoms with Crippen LogP contribution in [0.1, 0.15) is 11.1 Å². The van der Waals surface area contributed by atoms with Crippen LogP contribution in [0, 0.1) is 6.92 Å². The minimum absolute atomic E-state index is 0.572. The molecule has 0 spiro atoms. The Labute approximate surface area is 109 Å². The molecule has 4 nitrogen and oxygen atoms in total. The van der Waals surface area contributed by atoms with Gasteiger partial charge in [0.2, 0.25) is 0 Å². The van der Waals surface area contributed by atoms with E-state index in [4.69, 9.17) is 16.7 Å². The number of carboxylic acids is 1. The van der Waals surface area contributed by atoms with E-state index in [2.05, 4.69) is 5.10 Å². The van der Waals surface area contributed by atoms with Crippen molar-refractivity contribution in [2.75, 3.05) is 0 Å². The quantitative estimate of drug-likeness (QED) is 0.866. The molecule has 0 aliphatic carbocycles. The van der Waals surface area contributed by atoms with E-state index >= 15 is 0 Å². The van der Waals surface area contributed by atoms with Crippen LogP contribution in [0.25, 0.3) is 11.8 Å². The molecule has 0 bridgehead atoms. The van der Waals surface area contributed by atoms with Gasteiger partial charge in [-0.25, -0.2) is 9.48 Å². The Morgan fingerprint density at radius 1 is 1.50 bits per heavy atom. The Morgan fingerprint density at radius 3 is 2.83 bits per heavy atom. The van der Waals surface area contributed by atoms with E-state index in [0.717, 1.165) is 22.9 Å². The number of benzene rings is 1. The topological polar surface area (TPSA) is 55.1 Å². The van der Waals surface area contributed by atoms with Crippen LogP contribution in [0.15, 0.2) is 36.7 Å². The molecule has 2 rings (SSSR count). The third kappa shape index (κ3) is 2.78. The summed E-state index contributed by atoms with van der Waals surface area (Å²) in [5.41, 5.74) is 2.71. The molecule has 0 amide bonds. The molecular weight excluding hydrogens is 252 g/mol. The van der Waals surface area contributed by atoms with Crippen molar-refractivity contribution in [3.63, 3.8) is 0 Å². The van der Waals surface area contributed by atoms with Gasteiger partial charge in [-0.1, -0.05) is 17.7 Å². The average molecular weight is 263 g/mol. The highest BCUT2D eigenvalue weighted by Crippen LogP contribution is 2.17. The van der Waals surface area contributed by atoms with Crippen LogP contribution in [0.5, 0.6) is 0 Å². The summed E-state index contributed by atoms with van der Waals surface area (Å²) in [4.78, 5) is 10.5. The molecule has 0 radical (unpaired) electrons. The molecule has 1 heterocycles. The second-order valence-corrected chi connectivity index (χ2v) is 4.25. The third-order valence-corrected chi connectivity index (χ3v) is 2.67. The van der Waals surface area contributed by atoms with Crippen molar-refractivity contribution in [3.8, 4) is 5.69 Å². The summed E-state index contributed by atoms with van der Waals surface area (Å²) >= 11 is 5.81. The SMILES string of the molecule is Cc1cc(-n2cc(Cl)cn2)ccc1C=CC(=O)O. The molecule has 0 atom stereocenters. The summed E-state index contributed by atoms with van der Waals surface area (Å²) in [5.74, 6) is -0.961. The highest BCUT2D eigenvalue weighted by atomic mass is 35.5. The smallest absolute Gasteiger partial charge is 0.328 e. The number of carboxylic acid groups (broad SMARTS) is 1. The number of rotatable bonds is 3. The number of halogens is 1. The number of aromatic nitrogens is 2. The zero-order chi connectivity index (χ0) is 13.1. The van der Waals surface area contributed by atoms with Crippen molar-refractivity contribution in [3.05, 3.63) is 52.8 Å². The van der Waals surface area contributed by atoms with E-state index in [9.17, 15) is 4.79 Å². The van der Waals surface area contributed by atoms with Gasteiger partial charge < -0.3 is 5.11 Å². The molecule has 2 aromatic rings. The summed E-state index contributed by atoms with van der Waals surface area (Å²) in [6.07, 6.45) is 5.96. The molecule has 18 heavy (non-hydrogen) atoms. The summed E-state index contributed by atoms with van der Waals surface area (Å²) < 4.78 is 1.67. The predicted molar refractivity (Wildman–Crippen MR) is 70.0 cm³/mol. The van der Waals surface area contributed by atoms with Crippen LogP contribution in [0.2, 0.25) is 5.02 Å². The van der Waals surface area contributed by atoms with Crippen molar-refractivity contribution in [1.29, 1.82) is 0 Å². The average Bonchev–Trinajstić information content (AvgIpc) is 2.74. The number of aryl methyl sites for hydroxylation is 1. The lowest BCUT2D eigenvalue weighted by molar-refractivity contribution is -0.131. The molecule has 1 aromatic carbocycles. The molecule has 1 N–H and O–H groups in total. The van der Waals surface area contributed by atoms with E-state index in [1.54, 1.807) is 23.2 Å². The van der Waals surface area contributed by atoms with Gasteiger partial charge in [0.05, 0.1) is 16.9 Å². The van der Waals surface area contributed by atoms with Gasteiger partial charge in [0.1, 0.15) is 0 Å². The number of carbonyl (C=O) groups is 1. The van der Waals surface area contributed by atoms with Crippen LogP contribution >= 0.6 is 11.6 Å². The first-order chi connectivity index (χ1) is 8.56. The molecule has 0 saturated heterocycles. The predicted octanol–water partition coefficient (Wildman–Crippen LogP) is 2.93. The minimum Gasteiger partial charge on any atom is -0.478 e. The molecule has 0 saturated carbocycles. The molecular formula is C13H11ClN2O2. The van der Waals surface area contributed by atoms with Crippen molar-refractivity contribution in [2.24, 2.45) is 0 Å². The number of hydrogen-bond donors (Lipinski definition) is 1. The molecule has 0 aliphatic heterocycles. The Bertz CT molecular complexity index is 617. The summed E-state index contributed by atoms with van der Waals surface area (Å²) in [7, 11) is 0. The van der Waals surface area contributed by atoms with E-state index in [0.29, 0.717) is 5.02 Å². The van der Waals surface area contributed by atoms with Gasteiger partial charge >= 0.3 is 5.97 Å². The summed E-state index contributed by atoms with van der Waals surface area (Å²) in [5, 5.41) is 13.3. The highest BCUT2D eigenvalue weighted by molar-refractivity contribution is 6.30. The summed E-state index contributed by atoms with van der Waals surface area (Å²) in [6, 6.07) is 5.63. The largest absolute Gasteiger partial charge is 0.478 e. The standard InChI is InChI=1S/C13H11ClN2O2/c1-9-6-12(16-8-11(14)7-15-16)4-2-10(9)3-5-13(17)18/h2-8H,1H3,(H,17,18). The van der Waals surface area contributed by atoms with Crippen molar-refractivity contribution in [1.82, 2.24) is 9.78 Å². The van der Waals surface area contributed by atoms with Gasteiger partial charge in [0.25, 0.3) is 0 Å². The van der Waals surface area contributed by atoms with E-state index < -0.39 is 5.97 Å². The van der Waals surface area contributed by atoms with E-state index in [1.165, 1.54) is 0 Å². The van der Waals surface area contributed by atoms with Crippen molar-refractivity contribution < 1.29 is 9.90 Å². The minimum atomic E-state index is -0.961. The first-order valence-electron chi connectivity index (χ1n) is 5.28. The van der Waals surface area contributed by atoms with Gasteiger partial charge in [-0.15, -0.1) is 0 Å². The van der Waals surface area contributed by atoms with E-state index in [-0.39, 0.29) is 0 Å². The lowest BCUT2D eigenvalue weighted by Crippen LogP contribution is -1.95.